The normalized spacial score (nSPS) is 16.0. The summed E-state index contributed by atoms with van der Waals surface area (Å²) in [6.45, 7) is 7.22. The molecule has 2 nitrogen and oxygen atoms in total. The maximum Gasteiger partial charge on any atom is 0.144 e. The third-order valence-corrected chi connectivity index (χ3v) is 8.50. The van der Waals surface area contributed by atoms with Crippen LogP contribution in [0.2, 0.25) is 19.6 Å². The SMILES string of the molecule is C[Si](C)(C)c1ccc(-c2cc(C3CCCCC3)ccn2)c2oc3ccccc3c12. The molecule has 2 aromatic carbocycles. The monoisotopic (exact) mass is 399 g/mol. The van der Waals surface area contributed by atoms with Gasteiger partial charge in [-0.1, -0.05) is 63.2 Å². The van der Waals surface area contributed by atoms with Crippen LogP contribution in [0.4, 0.5) is 0 Å². The number of hydrogen-bond acceptors (Lipinski definition) is 2. The van der Waals surface area contributed by atoms with E-state index in [1.165, 1.54) is 53.6 Å². The summed E-state index contributed by atoms with van der Waals surface area (Å²) < 4.78 is 6.44. The van der Waals surface area contributed by atoms with Crippen molar-refractivity contribution in [2.24, 2.45) is 0 Å². The second-order valence-corrected chi connectivity index (χ2v) is 14.6. The molecule has 0 atom stereocenters. The zero-order valence-electron chi connectivity index (χ0n) is 17.7. The fourth-order valence-corrected chi connectivity index (χ4v) is 6.52. The molecule has 0 bridgehead atoms. The minimum atomic E-state index is -1.52. The van der Waals surface area contributed by atoms with Gasteiger partial charge in [-0.3, -0.25) is 4.98 Å². The van der Waals surface area contributed by atoms with Crippen LogP contribution in [0.25, 0.3) is 33.2 Å². The summed E-state index contributed by atoms with van der Waals surface area (Å²) in [6, 6.07) is 17.5. The Bertz CT molecular complexity index is 1180. The highest BCUT2D eigenvalue weighted by atomic mass is 28.3. The van der Waals surface area contributed by atoms with Gasteiger partial charge in [0.15, 0.2) is 0 Å². The predicted octanol–water partition coefficient (Wildman–Crippen LogP) is 7.24. The van der Waals surface area contributed by atoms with Gasteiger partial charge in [0.05, 0.1) is 13.8 Å². The fourth-order valence-electron chi connectivity index (χ4n) is 4.94. The van der Waals surface area contributed by atoms with Gasteiger partial charge in [-0.2, -0.15) is 0 Å². The van der Waals surface area contributed by atoms with Crippen molar-refractivity contribution in [2.45, 2.75) is 57.7 Å². The van der Waals surface area contributed by atoms with Gasteiger partial charge < -0.3 is 4.42 Å². The molecule has 0 amide bonds. The quantitative estimate of drug-likeness (QED) is 0.339. The standard InChI is InChI=1S/C26H29NOSi/c1-29(2,3)24-14-13-20(26-25(24)21-11-7-8-12-23(21)28-26)22-17-19(15-16-27-22)18-9-5-4-6-10-18/h7-8,11-18H,4-6,9-10H2,1-3H3. The van der Waals surface area contributed by atoms with Gasteiger partial charge in [-0.25, -0.2) is 0 Å². The first kappa shape index (κ1) is 18.6. The van der Waals surface area contributed by atoms with Crippen LogP contribution in [0, 0.1) is 0 Å². The summed E-state index contributed by atoms with van der Waals surface area (Å²) in [7, 11) is -1.52. The van der Waals surface area contributed by atoms with E-state index in [1.807, 2.05) is 6.20 Å². The summed E-state index contributed by atoms with van der Waals surface area (Å²) in [6.07, 6.45) is 8.67. The average Bonchev–Trinajstić information content (AvgIpc) is 3.12. The number of para-hydroxylation sites is 1. The molecule has 0 unspecified atom stereocenters. The maximum absolute atomic E-state index is 6.44. The smallest absolute Gasteiger partial charge is 0.144 e. The van der Waals surface area contributed by atoms with Crippen LogP contribution in [0.3, 0.4) is 0 Å². The lowest BCUT2D eigenvalue weighted by Crippen LogP contribution is -2.37. The number of furan rings is 1. The van der Waals surface area contributed by atoms with Crippen LogP contribution in [0.5, 0.6) is 0 Å². The fraction of sp³-hybridized carbons (Fsp3) is 0.346. The number of nitrogens with zero attached hydrogens (tertiary/aromatic N) is 1. The van der Waals surface area contributed by atoms with Crippen LogP contribution in [0.15, 0.2) is 59.1 Å². The number of benzene rings is 2. The van der Waals surface area contributed by atoms with Gasteiger partial charge in [0, 0.05) is 22.5 Å². The molecule has 1 aliphatic rings. The molecule has 29 heavy (non-hydrogen) atoms. The molecule has 5 rings (SSSR count). The van der Waals surface area contributed by atoms with Crippen molar-refractivity contribution in [1.29, 1.82) is 0 Å². The molecule has 4 aromatic rings. The summed E-state index contributed by atoms with van der Waals surface area (Å²) in [5.41, 5.74) is 5.57. The summed E-state index contributed by atoms with van der Waals surface area (Å²) >= 11 is 0. The van der Waals surface area contributed by atoms with Crippen molar-refractivity contribution in [3.63, 3.8) is 0 Å². The maximum atomic E-state index is 6.44. The highest BCUT2D eigenvalue weighted by Crippen LogP contribution is 2.37. The Morgan fingerprint density at radius 2 is 1.72 bits per heavy atom. The molecule has 3 heteroatoms. The number of rotatable bonds is 3. The number of fused-ring (bicyclic) bond motifs is 3. The minimum Gasteiger partial charge on any atom is -0.455 e. The van der Waals surface area contributed by atoms with Crippen molar-refractivity contribution in [3.8, 4) is 11.3 Å². The van der Waals surface area contributed by atoms with E-state index in [4.69, 9.17) is 9.40 Å². The third-order valence-electron chi connectivity index (χ3n) is 6.47. The zero-order chi connectivity index (χ0) is 20.0. The molecule has 0 saturated heterocycles. The molecule has 148 valence electrons. The second-order valence-electron chi connectivity index (χ2n) is 9.52. The summed E-state index contributed by atoms with van der Waals surface area (Å²) in [5.74, 6) is 0.679. The highest BCUT2D eigenvalue weighted by molar-refractivity contribution is 6.90. The van der Waals surface area contributed by atoms with E-state index in [0.717, 1.165) is 22.4 Å². The topological polar surface area (TPSA) is 26.0 Å². The predicted molar refractivity (Wildman–Crippen MR) is 126 cm³/mol. The van der Waals surface area contributed by atoms with Gasteiger partial charge in [-0.05, 0) is 53.8 Å². The molecular weight excluding hydrogens is 370 g/mol. The number of pyridine rings is 1. The van der Waals surface area contributed by atoms with Crippen LogP contribution in [0.1, 0.15) is 43.6 Å². The van der Waals surface area contributed by atoms with Crippen LogP contribution in [-0.2, 0) is 0 Å². The van der Waals surface area contributed by atoms with Crippen molar-refractivity contribution in [1.82, 2.24) is 4.98 Å². The van der Waals surface area contributed by atoms with E-state index in [-0.39, 0.29) is 0 Å². The first-order chi connectivity index (χ1) is 14.0. The molecule has 0 aliphatic heterocycles. The lowest BCUT2D eigenvalue weighted by Gasteiger charge is -2.22. The van der Waals surface area contributed by atoms with Gasteiger partial charge in [0.25, 0.3) is 0 Å². The van der Waals surface area contributed by atoms with Gasteiger partial charge >= 0.3 is 0 Å². The lowest BCUT2D eigenvalue weighted by molar-refractivity contribution is 0.443. The Balaban J connectivity index is 1.72. The van der Waals surface area contributed by atoms with Crippen LogP contribution < -0.4 is 5.19 Å². The van der Waals surface area contributed by atoms with Crippen molar-refractivity contribution in [2.75, 3.05) is 0 Å². The second kappa shape index (κ2) is 7.14. The molecule has 1 fully saturated rings. The van der Waals surface area contributed by atoms with Crippen molar-refractivity contribution in [3.05, 3.63) is 60.3 Å². The molecule has 0 N–H and O–H groups in total. The van der Waals surface area contributed by atoms with Gasteiger partial charge in [0.2, 0.25) is 0 Å². The molecular formula is C26H29NOSi. The average molecular weight is 400 g/mol. The Morgan fingerprint density at radius 3 is 2.52 bits per heavy atom. The highest BCUT2D eigenvalue weighted by Gasteiger charge is 2.25. The van der Waals surface area contributed by atoms with E-state index in [1.54, 1.807) is 0 Å². The Kier molecular flexibility index (Phi) is 4.58. The molecule has 2 heterocycles. The lowest BCUT2D eigenvalue weighted by atomic mass is 9.84. The number of hydrogen-bond donors (Lipinski definition) is 0. The van der Waals surface area contributed by atoms with E-state index in [2.05, 4.69) is 68.2 Å². The molecule has 0 radical (unpaired) electrons. The summed E-state index contributed by atoms with van der Waals surface area (Å²) in [5, 5.41) is 3.98. The first-order valence-electron chi connectivity index (χ1n) is 10.9. The molecule has 2 aromatic heterocycles. The summed E-state index contributed by atoms with van der Waals surface area (Å²) in [4.78, 5) is 4.77. The Morgan fingerprint density at radius 1 is 0.931 bits per heavy atom. The first-order valence-corrected chi connectivity index (χ1v) is 14.4. The molecule has 0 spiro atoms. The van der Waals surface area contributed by atoms with Gasteiger partial charge in [-0.15, -0.1) is 0 Å². The van der Waals surface area contributed by atoms with E-state index in [0.29, 0.717) is 5.92 Å². The van der Waals surface area contributed by atoms with Crippen LogP contribution in [-0.4, -0.2) is 13.1 Å². The van der Waals surface area contributed by atoms with E-state index < -0.39 is 8.07 Å². The molecule has 1 aliphatic carbocycles. The minimum absolute atomic E-state index is 0.679. The van der Waals surface area contributed by atoms with Crippen molar-refractivity contribution < 1.29 is 4.42 Å². The van der Waals surface area contributed by atoms with Gasteiger partial charge in [0.1, 0.15) is 11.2 Å². The van der Waals surface area contributed by atoms with E-state index >= 15 is 0 Å². The molecule has 1 saturated carbocycles. The van der Waals surface area contributed by atoms with Crippen molar-refractivity contribution >= 4 is 35.2 Å². The van der Waals surface area contributed by atoms with Crippen LogP contribution >= 0.6 is 0 Å². The van der Waals surface area contributed by atoms with E-state index in [9.17, 15) is 0 Å². The largest absolute Gasteiger partial charge is 0.455 e. The zero-order valence-corrected chi connectivity index (χ0v) is 18.7. The Hall–Kier alpha value is -2.39. The number of aromatic nitrogens is 1. The Labute approximate surface area is 174 Å². The third kappa shape index (κ3) is 3.32.